The van der Waals surface area contributed by atoms with Crippen molar-refractivity contribution >= 4 is 52.0 Å². The first kappa shape index (κ1) is 15.0. The molecule has 0 radical (unpaired) electrons. The molecule has 0 aliphatic heterocycles. The van der Waals surface area contributed by atoms with Gasteiger partial charge in [0.25, 0.3) is 0 Å². The number of nitrogens with zero attached hydrogens (tertiary/aromatic N) is 2. The number of thioether (sulfide) groups is 1. The second-order valence-electron chi connectivity index (χ2n) is 5.43. The van der Waals surface area contributed by atoms with Crippen molar-refractivity contribution in [3.05, 3.63) is 22.2 Å². The molecular weight excluding hydrogens is 331 g/mol. The van der Waals surface area contributed by atoms with E-state index in [-0.39, 0.29) is 5.75 Å². The fraction of sp³-hybridized carbons (Fsp3) is 0.429. The van der Waals surface area contributed by atoms with Crippen molar-refractivity contribution in [3.8, 4) is 0 Å². The molecule has 7 heteroatoms. The number of carboxylic acids is 1. The highest BCUT2D eigenvalue weighted by molar-refractivity contribution is 7.99. The van der Waals surface area contributed by atoms with Gasteiger partial charge in [0, 0.05) is 6.04 Å². The molecule has 0 saturated heterocycles. The molecule has 4 nitrogen and oxygen atoms in total. The zero-order valence-electron chi connectivity index (χ0n) is 11.3. The second kappa shape index (κ2) is 5.71. The first-order valence-electron chi connectivity index (χ1n) is 6.67. The Hall–Kier alpha value is -0.910. The van der Waals surface area contributed by atoms with Crippen LogP contribution in [0.5, 0.6) is 0 Å². The lowest BCUT2D eigenvalue weighted by Gasteiger charge is -2.35. The van der Waals surface area contributed by atoms with Gasteiger partial charge in [0.15, 0.2) is 5.16 Å². The van der Waals surface area contributed by atoms with E-state index in [9.17, 15) is 4.79 Å². The fourth-order valence-electron chi connectivity index (χ4n) is 2.72. The minimum atomic E-state index is -0.850. The molecule has 21 heavy (non-hydrogen) atoms. The minimum absolute atomic E-state index is 0.00689. The van der Waals surface area contributed by atoms with Crippen LogP contribution < -0.4 is 0 Å². The van der Waals surface area contributed by atoms with Gasteiger partial charge in [-0.25, -0.2) is 4.98 Å². The van der Waals surface area contributed by atoms with Crippen molar-refractivity contribution in [2.75, 3.05) is 5.75 Å². The van der Waals surface area contributed by atoms with Crippen LogP contribution in [0.2, 0.25) is 10.0 Å². The van der Waals surface area contributed by atoms with E-state index in [1.165, 1.54) is 11.8 Å². The molecule has 3 rings (SSSR count). The van der Waals surface area contributed by atoms with E-state index in [0.717, 1.165) is 29.0 Å². The lowest BCUT2D eigenvalue weighted by atomic mass is 9.81. The number of hydrogen-bond donors (Lipinski definition) is 1. The highest BCUT2D eigenvalue weighted by Gasteiger charge is 2.30. The summed E-state index contributed by atoms with van der Waals surface area (Å²) in [5.74, 6) is -0.170. The van der Waals surface area contributed by atoms with Crippen LogP contribution in [0.25, 0.3) is 11.0 Å². The van der Waals surface area contributed by atoms with Gasteiger partial charge in [-0.3, -0.25) is 4.79 Å². The zero-order chi connectivity index (χ0) is 15.1. The van der Waals surface area contributed by atoms with E-state index in [2.05, 4.69) is 16.5 Å². The average molecular weight is 345 g/mol. The summed E-state index contributed by atoms with van der Waals surface area (Å²) >= 11 is 13.4. The number of halogens is 2. The Labute approximate surface area is 136 Å². The monoisotopic (exact) mass is 344 g/mol. The molecule has 1 fully saturated rings. The predicted molar refractivity (Wildman–Crippen MR) is 85.5 cm³/mol. The van der Waals surface area contributed by atoms with Gasteiger partial charge in [0.05, 0.1) is 26.8 Å². The van der Waals surface area contributed by atoms with Crippen molar-refractivity contribution in [3.63, 3.8) is 0 Å². The first-order valence-corrected chi connectivity index (χ1v) is 8.41. The largest absolute Gasteiger partial charge is 0.481 e. The van der Waals surface area contributed by atoms with E-state index in [1.807, 2.05) is 6.07 Å². The number of carbonyl (C=O) groups is 1. The summed E-state index contributed by atoms with van der Waals surface area (Å²) in [5.41, 5.74) is 1.69. The molecule has 1 saturated carbocycles. The minimum Gasteiger partial charge on any atom is -0.481 e. The van der Waals surface area contributed by atoms with Crippen LogP contribution in [-0.2, 0) is 4.79 Å². The molecule has 1 aromatic heterocycles. The van der Waals surface area contributed by atoms with Gasteiger partial charge in [-0.2, -0.15) is 0 Å². The summed E-state index contributed by atoms with van der Waals surface area (Å²) in [5, 5.41) is 10.6. The van der Waals surface area contributed by atoms with Crippen LogP contribution in [0.15, 0.2) is 17.3 Å². The normalized spacial score (nSPS) is 21.5. The highest BCUT2D eigenvalue weighted by Crippen LogP contribution is 2.42. The zero-order valence-corrected chi connectivity index (χ0v) is 13.7. The highest BCUT2D eigenvalue weighted by atomic mass is 35.5. The molecule has 1 aliphatic rings. The van der Waals surface area contributed by atoms with Gasteiger partial charge in [-0.15, -0.1) is 0 Å². The molecule has 1 aliphatic carbocycles. The van der Waals surface area contributed by atoms with Crippen LogP contribution in [-0.4, -0.2) is 26.4 Å². The smallest absolute Gasteiger partial charge is 0.313 e. The molecule has 0 atom stereocenters. The van der Waals surface area contributed by atoms with Crippen molar-refractivity contribution in [2.24, 2.45) is 5.92 Å². The number of hydrogen-bond acceptors (Lipinski definition) is 3. The molecule has 0 spiro atoms. The van der Waals surface area contributed by atoms with E-state index >= 15 is 0 Å². The maximum Gasteiger partial charge on any atom is 0.313 e. The Morgan fingerprint density at radius 2 is 2.10 bits per heavy atom. The lowest BCUT2D eigenvalue weighted by Crippen LogP contribution is -2.25. The van der Waals surface area contributed by atoms with Crippen LogP contribution in [0.4, 0.5) is 0 Å². The Kier molecular flexibility index (Phi) is 4.08. The molecule has 0 bridgehead atoms. The fourth-order valence-corrected chi connectivity index (χ4v) is 3.84. The molecule has 112 valence electrons. The van der Waals surface area contributed by atoms with Crippen molar-refractivity contribution < 1.29 is 9.90 Å². The molecule has 2 aromatic rings. The quantitative estimate of drug-likeness (QED) is 0.830. The molecule has 1 heterocycles. The van der Waals surface area contributed by atoms with Gasteiger partial charge in [-0.05, 0) is 30.9 Å². The number of fused-ring (bicyclic) bond motifs is 1. The third-order valence-corrected chi connectivity index (χ3v) is 5.40. The summed E-state index contributed by atoms with van der Waals surface area (Å²) in [6, 6.07) is 3.92. The Morgan fingerprint density at radius 1 is 1.43 bits per heavy atom. The lowest BCUT2D eigenvalue weighted by molar-refractivity contribution is -0.133. The number of aliphatic carboxylic acids is 1. The average Bonchev–Trinajstić information content (AvgIpc) is 2.71. The molecule has 1 aromatic carbocycles. The van der Waals surface area contributed by atoms with Crippen LogP contribution in [0.1, 0.15) is 25.8 Å². The third-order valence-electron chi connectivity index (χ3n) is 3.74. The van der Waals surface area contributed by atoms with Gasteiger partial charge in [-0.1, -0.05) is 41.9 Å². The molecule has 0 unspecified atom stereocenters. The second-order valence-corrected chi connectivity index (χ2v) is 7.19. The Balaban J connectivity index is 2.06. The SMILES string of the molecule is CC1CC(n2c(SCC(=O)O)nc3cc(Cl)c(Cl)cc32)C1. The van der Waals surface area contributed by atoms with Crippen molar-refractivity contribution in [1.29, 1.82) is 0 Å². The first-order chi connectivity index (χ1) is 9.95. The number of rotatable bonds is 4. The van der Waals surface area contributed by atoms with Crippen LogP contribution in [0.3, 0.4) is 0 Å². The number of carboxylic acid groups (broad SMARTS) is 1. The van der Waals surface area contributed by atoms with Gasteiger partial charge in [0.1, 0.15) is 0 Å². The Bertz CT molecular complexity index is 711. The van der Waals surface area contributed by atoms with E-state index in [0.29, 0.717) is 22.0 Å². The maximum absolute atomic E-state index is 10.8. The number of imidazole rings is 1. The van der Waals surface area contributed by atoms with E-state index in [1.54, 1.807) is 6.07 Å². The van der Waals surface area contributed by atoms with Crippen LogP contribution in [0, 0.1) is 5.92 Å². The number of benzene rings is 1. The summed E-state index contributed by atoms with van der Waals surface area (Å²) in [4.78, 5) is 15.3. The maximum atomic E-state index is 10.8. The van der Waals surface area contributed by atoms with Crippen LogP contribution >= 0.6 is 35.0 Å². The van der Waals surface area contributed by atoms with Gasteiger partial charge in [0.2, 0.25) is 0 Å². The predicted octanol–water partition coefficient (Wildman–Crippen LogP) is 4.49. The third kappa shape index (κ3) is 2.87. The molecule has 1 N–H and O–H groups in total. The van der Waals surface area contributed by atoms with Gasteiger partial charge < -0.3 is 9.67 Å². The topological polar surface area (TPSA) is 55.1 Å². The number of aromatic nitrogens is 2. The van der Waals surface area contributed by atoms with Crippen molar-refractivity contribution in [1.82, 2.24) is 9.55 Å². The molecule has 0 amide bonds. The van der Waals surface area contributed by atoms with Gasteiger partial charge >= 0.3 is 5.97 Å². The van der Waals surface area contributed by atoms with E-state index < -0.39 is 5.97 Å². The standard InChI is InChI=1S/C14H14Cl2N2O2S/c1-7-2-8(3-7)18-12-5-10(16)9(15)4-11(12)17-14(18)21-6-13(19)20/h4-5,7-8H,2-3,6H2,1H3,(H,19,20). The summed E-state index contributed by atoms with van der Waals surface area (Å²) in [6.45, 7) is 2.21. The molecular formula is C14H14Cl2N2O2S. The summed E-state index contributed by atoms with van der Waals surface area (Å²) in [7, 11) is 0. The van der Waals surface area contributed by atoms with Crippen molar-refractivity contribution in [2.45, 2.75) is 31.0 Å². The Morgan fingerprint density at radius 3 is 2.71 bits per heavy atom. The summed E-state index contributed by atoms with van der Waals surface area (Å²) < 4.78 is 2.12. The summed E-state index contributed by atoms with van der Waals surface area (Å²) in [6.07, 6.45) is 2.15. The van der Waals surface area contributed by atoms with E-state index in [4.69, 9.17) is 28.3 Å².